The largest absolute Gasteiger partial charge is 0.493 e. The van der Waals surface area contributed by atoms with E-state index in [1.807, 2.05) is 42.5 Å². The van der Waals surface area contributed by atoms with Crippen LogP contribution in [-0.2, 0) is 0 Å². The number of anilines is 3. The van der Waals surface area contributed by atoms with Crippen LogP contribution in [0.3, 0.4) is 0 Å². The number of rotatable bonds is 7. The lowest BCUT2D eigenvalue weighted by molar-refractivity contribution is 0.355. The summed E-state index contributed by atoms with van der Waals surface area (Å²) in [5.41, 5.74) is 2.40. The monoisotopic (exact) mass is 363 g/mol. The van der Waals surface area contributed by atoms with Gasteiger partial charge in [-0.05, 0) is 37.1 Å². The predicted molar refractivity (Wildman–Crippen MR) is 105 cm³/mol. The van der Waals surface area contributed by atoms with Crippen molar-refractivity contribution in [3.8, 4) is 22.9 Å². The SMILES string of the molecule is COc1ccc(Nc2cc(-c3ccccn3)nc(NC3CC3)n2)cc1OC. The Morgan fingerprint density at radius 3 is 2.48 bits per heavy atom. The Balaban J connectivity index is 1.66. The molecule has 4 rings (SSSR count). The maximum atomic E-state index is 5.37. The molecule has 1 aromatic carbocycles. The van der Waals surface area contributed by atoms with Gasteiger partial charge in [0.15, 0.2) is 11.5 Å². The van der Waals surface area contributed by atoms with Crippen molar-refractivity contribution in [2.45, 2.75) is 18.9 Å². The van der Waals surface area contributed by atoms with E-state index in [0.717, 1.165) is 29.9 Å². The predicted octanol–water partition coefficient (Wildman–Crippen LogP) is 3.87. The Bertz CT molecular complexity index is 929. The molecular formula is C20H21N5O2. The maximum Gasteiger partial charge on any atom is 0.225 e. The van der Waals surface area contributed by atoms with Crippen LogP contribution in [0.1, 0.15) is 12.8 Å². The number of aromatic nitrogens is 3. The number of ether oxygens (including phenoxy) is 2. The Labute approximate surface area is 157 Å². The van der Waals surface area contributed by atoms with Crippen molar-refractivity contribution >= 4 is 17.5 Å². The maximum absolute atomic E-state index is 5.37. The summed E-state index contributed by atoms with van der Waals surface area (Å²) in [6, 6.07) is 13.7. The fourth-order valence-electron chi connectivity index (χ4n) is 2.69. The van der Waals surface area contributed by atoms with E-state index in [2.05, 4.69) is 25.6 Å². The molecule has 0 radical (unpaired) electrons. The molecular weight excluding hydrogens is 342 g/mol. The van der Waals surface area contributed by atoms with Gasteiger partial charge in [-0.25, -0.2) is 4.98 Å². The first-order valence-corrected chi connectivity index (χ1v) is 8.81. The molecule has 0 amide bonds. The molecule has 7 heteroatoms. The van der Waals surface area contributed by atoms with Crippen molar-refractivity contribution in [1.82, 2.24) is 15.0 Å². The lowest BCUT2D eigenvalue weighted by Crippen LogP contribution is -2.08. The van der Waals surface area contributed by atoms with E-state index in [1.54, 1.807) is 20.4 Å². The molecule has 1 aliphatic rings. The summed E-state index contributed by atoms with van der Waals surface area (Å²) < 4.78 is 10.7. The highest BCUT2D eigenvalue weighted by atomic mass is 16.5. The highest BCUT2D eigenvalue weighted by Gasteiger charge is 2.22. The van der Waals surface area contributed by atoms with Crippen LogP contribution >= 0.6 is 0 Å². The van der Waals surface area contributed by atoms with Gasteiger partial charge in [-0.15, -0.1) is 0 Å². The quantitative estimate of drug-likeness (QED) is 0.659. The summed E-state index contributed by atoms with van der Waals surface area (Å²) in [4.78, 5) is 13.6. The lowest BCUT2D eigenvalue weighted by atomic mass is 10.2. The molecule has 3 aromatic rings. The van der Waals surface area contributed by atoms with Crippen LogP contribution < -0.4 is 20.1 Å². The van der Waals surface area contributed by atoms with Gasteiger partial charge in [0.2, 0.25) is 5.95 Å². The zero-order valence-corrected chi connectivity index (χ0v) is 15.3. The molecule has 0 unspecified atom stereocenters. The topological polar surface area (TPSA) is 81.2 Å². The van der Waals surface area contributed by atoms with Crippen LogP contribution in [0.5, 0.6) is 11.5 Å². The summed E-state index contributed by atoms with van der Waals surface area (Å²) in [6.45, 7) is 0. The molecule has 7 nitrogen and oxygen atoms in total. The van der Waals surface area contributed by atoms with E-state index < -0.39 is 0 Å². The summed E-state index contributed by atoms with van der Waals surface area (Å²) >= 11 is 0. The van der Waals surface area contributed by atoms with E-state index in [0.29, 0.717) is 29.3 Å². The molecule has 1 saturated carbocycles. The summed E-state index contributed by atoms with van der Waals surface area (Å²) in [6.07, 6.45) is 4.05. The first-order valence-electron chi connectivity index (χ1n) is 8.81. The average molecular weight is 363 g/mol. The van der Waals surface area contributed by atoms with E-state index in [9.17, 15) is 0 Å². The molecule has 1 aliphatic carbocycles. The third-order valence-electron chi connectivity index (χ3n) is 4.22. The van der Waals surface area contributed by atoms with Gasteiger partial charge in [0.1, 0.15) is 5.82 Å². The zero-order chi connectivity index (χ0) is 18.6. The van der Waals surface area contributed by atoms with Gasteiger partial charge in [0.05, 0.1) is 25.6 Å². The van der Waals surface area contributed by atoms with Crippen molar-refractivity contribution in [3.05, 3.63) is 48.7 Å². The fourth-order valence-corrected chi connectivity index (χ4v) is 2.69. The van der Waals surface area contributed by atoms with Crippen molar-refractivity contribution in [2.75, 3.05) is 24.9 Å². The first kappa shape index (κ1) is 17.1. The second-order valence-electron chi connectivity index (χ2n) is 6.29. The second-order valence-corrected chi connectivity index (χ2v) is 6.29. The van der Waals surface area contributed by atoms with Crippen LogP contribution in [-0.4, -0.2) is 35.2 Å². The number of nitrogens with zero attached hydrogens (tertiary/aromatic N) is 3. The smallest absolute Gasteiger partial charge is 0.225 e. The van der Waals surface area contributed by atoms with Crippen LogP contribution in [0.2, 0.25) is 0 Å². The van der Waals surface area contributed by atoms with E-state index >= 15 is 0 Å². The second kappa shape index (κ2) is 7.49. The van der Waals surface area contributed by atoms with E-state index in [4.69, 9.17) is 9.47 Å². The van der Waals surface area contributed by atoms with Gasteiger partial charge < -0.3 is 20.1 Å². The van der Waals surface area contributed by atoms with Gasteiger partial charge in [0, 0.05) is 30.1 Å². The minimum Gasteiger partial charge on any atom is -0.493 e. The Kier molecular flexibility index (Phi) is 4.74. The normalized spacial score (nSPS) is 13.1. The summed E-state index contributed by atoms with van der Waals surface area (Å²) in [7, 11) is 3.23. The highest BCUT2D eigenvalue weighted by molar-refractivity contribution is 5.67. The van der Waals surface area contributed by atoms with E-state index in [1.165, 1.54) is 0 Å². The number of nitrogens with one attached hydrogen (secondary N) is 2. The number of benzene rings is 1. The number of hydrogen-bond acceptors (Lipinski definition) is 7. The Morgan fingerprint density at radius 1 is 0.926 bits per heavy atom. The molecule has 27 heavy (non-hydrogen) atoms. The zero-order valence-electron chi connectivity index (χ0n) is 15.3. The first-order chi connectivity index (χ1) is 13.2. The van der Waals surface area contributed by atoms with Crippen LogP contribution in [0.4, 0.5) is 17.5 Å². The lowest BCUT2D eigenvalue weighted by Gasteiger charge is -2.13. The van der Waals surface area contributed by atoms with Gasteiger partial charge in [0.25, 0.3) is 0 Å². The number of pyridine rings is 1. The van der Waals surface area contributed by atoms with Gasteiger partial charge >= 0.3 is 0 Å². The summed E-state index contributed by atoms with van der Waals surface area (Å²) in [5.74, 6) is 2.61. The molecule has 0 bridgehead atoms. The Hall–Kier alpha value is -3.35. The number of hydrogen-bond donors (Lipinski definition) is 2. The van der Waals surface area contributed by atoms with Crippen LogP contribution in [0, 0.1) is 0 Å². The molecule has 1 fully saturated rings. The van der Waals surface area contributed by atoms with Crippen LogP contribution in [0.25, 0.3) is 11.4 Å². The highest BCUT2D eigenvalue weighted by Crippen LogP contribution is 2.32. The fraction of sp³-hybridized carbons (Fsp3) is 0.250. The van der Waals surface area contributed by atoms with Gasteiger partial charge in [-0.1, -0.05) is 6.07 Å². The molecule has 2 N–H and O–H groups in total. The average Bonchev–Trinajstić information content (AvgIpc) is 3.52. The Morgan fingerprint density at radius 2 is 1.78 bits per heavy atom. The van der Waals surface area contributed by atoms with Crippen molar-refractivity contribution in [3.63, 3.8) is 0 Å². The van der Waals surface area contributed by atoms with Gasteiger partial charge in [-0.2, -0.15) is 4.98 Å². The third-order valence-corrected chi connectivity index (χ3v) is 4.22. The molecule has 0 aliphatic heterocycles. The molecule has 2 heterocycles. The minimum absolute atomic E-state index is 0.456. The van der Waals surface area contributed by atoms with Crippen molar-refractivity contribution in [1.29, 1.82) is 0 Å². The van der Waals surface area contributed by atoms with Crippen molar-refractivity contribution in [2.24, 2.45) is 0 Å². The molecule has 138 valence electrons. The number of methoxy groups -OCH3 is 2. The molecule has 0 saturated heterocycles. The third kappa shape index (κ3) is 4.08. The van der Waals surface area contributed by atoms with Gasteiger partial charge in [-0.3, -0.25) is 4.98 Å². The van der Waals surface area contributed by atoms with E-state index in [-0.39, 0.29) is 0 Å². The molecule has 2 aromatic heterocycles. The standard InChI is InChI=1S/C20H21N5O2/c1-26-17-9-8-14(11-18(17)27-2)22-19-12-16(15-5-3-4-10-21-15)24-20(25-19)23-13-6-7-13/h3-5,8-13H,6-7H2,1-2H3,(H2,22,23,24,25). The minimum atomic E-state index is 0.456. The summed E-state index contributed by atoms with van der Waals surface area (Å²) in [5, 5.41) is 6.68. The van der Waals surface area contributed by atoms with Crippen molar-refractivity contribution < 1.29 is 9.47 Å². The molecule has 0 spiro atoms. The molecule has 0 atom stereocenters. The van der Waals surface area contributed by atoms with Crippen LogP contribution in [0.15, 0.2) is 48.7 Å².